The Balaban J connectivity index is 2.64. The summed E-state index contributed by atoms with van der Waals surface area (Å²) in [5.74, 6) is -1.05. The van der Waals surface area contributed by atoms with Crippen LogP contribution in [0.15, 0.2) is 27.3 Å². The number of fused-ring (bicyclic) bond motifs is 1. The SMILES string of the molecule is O=C(O)Cc1cc2occc2c(Br)c1O. The molecule has 2 aromatic rings. The lowest BCUT2D eigenvalue weighted by atomic mass is 10.1. The monoisotopic (exact) mass is 270 g/mol. The van der Waals surface area contributed by atoms with Crippen LogP contribution < -0.4 is 0 Å². The first-order valence-electron chi connectivity index (χ1n) is 4.19. The fourth-order valence-electron chi connectivity index (χ4n) is 1.41. The first-order chi connectivity index (χ1) is 7.09. The molecule has 4 nitrogen and oxygen atoms in total. The maximum Gasteiger partial charge on any atom is 0.307 e. The summed E-state index contributed by atoms with van der Waals surface area (Å²) >= 11 is 3.20. The van der Waals surface area contributed by atoms with Gasteiger partial charge in [-0.1, -0.05) is 0 Å². The molecule has 78 valence electrons. The lowest BCUT2D eigenvalue weighted by Gasteiger charge is -2.04. The fraction of sp³-hybridized carbons (Fsp3) is 0.100. The van der Waals surface area contributed by atoms with Crippen LogP contribution in [0, 0.1) is 0 Å². The number of furan rings is 1. The summed E-state index contributed by atoms with van der Waals surface area (Å²) in [4.78, 5) is 10.5. The molecule has 0 aliphatic carbocycles. The van der Waals surface area contributed by atoms with E-state index < -0.39 is 5.97 Å². The zero-order valence-electron chi connectivity index (χ0n) is 7.53. The molecular weight excluding hydrogens is 264 g/mol. The Morgan fingerprint density at radius 1 is 1.53 bits per heavy atom. The molecule has 0 radical (unpaired) electrons. The largest absolute Gasteiger partial charge is 0.506 e. The highest BCUT2D eigenvalue weighted by atomic mass is 79.9. The van der Waals surface area contributed by atoms with Crippen molar-refractivity contribution in [2.75, 3.05) is 0 Å². The molecule has 0 unspecified atom stereocenters. The third-order valence-electron chi connectivity index (χ3n) is 2.09. The van der Waals surface area contributed by atoms with Gasteiger partial charge in [0.1, 0.15) is 11.3 Å². The maximum atomic E-state index is 10.5. The van der Waals surface area contributed by atoms with Gasteiger partial charge < -0.3 is 14.6 Å². The summed E-state index contributed by atoms with van der Waals surface area (Å²) in [5.41, 5.74) is 0.882. The minimum atomic E-state index is -0.997. The van der Waals surface area contributed by atoms with E-state index in [4.69, 9.17) is 9.52 Å². The van der Waals surface area contributed by atoms with Crippen LogP contribution in [-0.2, 0) is 11.2 Å². The molecule has 1 heterocycles. The second-order valence-corrected chi connectivity index (χ2v) is 3.89. The average Bonchev–Trinajstić information content (AvgIpc) is 2.61. The lowest BCUT2D eigenvalue weighted by molar-refractivity contribution is -0.136. The van der Waals surface area contributed by atoms with Gasteiger partial charge in [0.25, 0.3) is 0 Å². The zero-order valence-corrected chi connectivity index (χ0v) is 9.11. The summed E-state index contributed by atoms with van der Waals surface area (Å²) in [6.45, 7) is 0. The van der Waals surface area contributed by atoms with Gasteiger partial charge >= 0.3 is 5.97 Å². The van der Waals surface area contributed by atoms with Crippen molar-refractivity contribution < 1.29 is 19.4 Å². The van der Waals surface area contributed by atoms with Crippen LogP contribution >= 0.6 is 15.9 Å². The van der Waals surface area contributed by atoms with E-state index in [1.165, 1.54) is 12.3 Å². The second kappa shape index (κ2) is 3.58. The molecular formula is C10H7BrO4. The van der Waals surface area contributed by atoms with Crippen molar-refractivity contribution in [1.29, 1.82) is 0 Å². The first kappa shape index (κ1) is 10.0. The van der Waals surface area contributed by atoms with Gasteiger partial charge in [0.15, 0.2) is 0 Å². The summed E-state index contributed by atoms with van der Waals surface area (Å²) in [7, 11) is 0. The van der Waals surface area contributed by atoms with E-state index in [0.29, 0.717) is 15.6 Å². The van der Waals surface area contributed by atoms with Crippen LogP contribution in [0.2, 0.25) is 0 Å². The van der Waals surface area contributed by atoms with Gasteiger partial charge in [-0.05, 0) is 28.1 Å². The molecule has 0 aliphatic heterocycles. The Morgan fingerprint density at radius 3 is 2.93 bits per heavy atom. The predicted molar refractivity (Wildman–Crippen MR) is 56.9 cm³/mol. The smallest absolute Gasteiger partial charge is 0.307 e. The minimum absolute atomic E-state index is 0.0497. The molecule has 0 atom stereocenters. The summed E-state index contributed by atoms with van der Waals surface area (Å²) in [6.07, 6.45) is 1.25. The number of halogens is 1. The van der Waals surface area contributed by atoms with E-state index in [1.54, 1.807) is 6.07 Å². The molecule has 2 N–H and O–H groups in total. The Kier molecular flexibility index (Phi) is 2.40. The minimum Gasteiger partial charge on any atom is -0.506 e. The highest BCUT2D eigenvalue weighted by Gasteiger charge is 2.14. The van der Waals surface area contributed by atoms with Crippen molar-refractivity contribution in [3.8, 4) is 5.75 Å². The molecule has 0 saturated heterocycles. The molecule has 0 spiro atoms. The summed E-state index contributed by atoms with van der Waals surface area (Å²) in [5, 5.41) is 19.1. The van der Waals surface area contributed by atoms with Crippen molar-refractivity contribution in [3.05, 3.63) is 28.4 Å². The molecule has 0 amide bonds. The van der Waals surface area contributed by atoms with Crippen molar-refractivity contribution in [2.24, 2.45) is 0 Å². The highest BCUT2D eigenvalue weighted by molar-refractivity contribution is 9.10. The van der Waals surface area contributed by atoms with Crippen molar-refractivity contribution >= 4 is 32.9 Å². The molecule has 1 aromatic heterocycles. The van der Waals surface area contributed by atoms with Gasteiger partial charge in [-0.2, -0.15) is 0 Å². The number of benzene rings is 1. The van der Waals surface area contributed by atoms with E-state index >= 15 is 0 Å². The molecule has 0 fully saturated rings. The van der Waals surface area contributed by atoms with Crippen LogP contribution in [0.3, 0.4) is 0 Å². The molecule has 0 saturated carbocycles. The molecule has 0 aliphatic rings. The van der Waals surface area contributed by atoms with Crippen LogP contribution in [0.4, 0.5) is 0 Å². The fourth-order valence-corrected chi connectivity index (χ4v) is 1.99. The third kappa shape index (κ3) is 1.70. The van der Waals surface area contributed by atoms with Crippen molar-refractivity contribution in [1.82, 2.24) is 0 Å². The van der Waals surface area contributed by atoms with Gasteiger partial charge in [0.2, 0.25) is 0 Å². The van der Waals surface area contributed by atoms with Crippen molar-refractivity contribution in [2.45, 2.75) is 6.42 Å². The number of aliphatic carboxylic acids is 1. The number of phenolic OH excluding ortho intramolecular Hbond substituents is 1. The number of carbonyl (C=O) groups is 1. The lowest BCUT2D eigenvalue weighted by Crippen LogP contribution is -2.00. The van der Waals surface area contributed by atoms with Crippen LogP contribution in [0.1, 0.15) is 5.56 Å². The Morgan fingerprint density at radius 2 is 2.27 bits per heavy atom. The van der Waals surface area contributed by atoms with Crippen LogP contribution in [-0.4, -0.2) is 16.2 Å². The molecule has 1 aromatic carbocycles. The van der Waals surface area contributed by atoms with E-state index in [2.05, 4.69) is 15.9 Å². The molecule has 2 rings (SSSR count). The Bertz CT molecular complexity index is 529. The quantitative estimate of drug-likeness (QED) is 0.880. The third-order valence-corrected chi connectivity index (χ3v) is 2.89. The zero-order chi connectivity index (χ0) is 11.0. The molecule has 0 bridgehead atoms. The second-order valence-electron chi connectivity index (χ2n) is 3.10. The van der Waals surface area contributed by atoms with Crippen LogP contribution in [0.5, 0.6) is 5.75 Å². The number of aromatic hydroxyl groups is 1. The highest BCUT2D eigenvalue weighted by Crippen LogP contribution is 2.36. The average molecular weight is 271 g/mol. The topological polar surface area (TPSA) is 70.7 Å². The van der Waals surface area contributed by atoms with E-state index in [0.717, 1.165) is 5.39 Å². The summed E-state index contributed by atoms with van der Waals surface area (Å²) in [6, 6.07) is 3.23. The first-order valence-corrected chi connectivity index (χ1v) is 4.98. The van der Waals surface area contributed by atoms with Gasteiger partial charge in [-0.15, -0.1) is 0 Å². The van der Waals surface area contributed by atoms with E-state index in [1.807, 2.05) is 0 Å². The van der Waals surface area contributed by atoms with E-state index in [9.17, 15) is 9.90 Å². The van der Waals surface area contributed by atoms with E-state index in [-0.39, 0.29) is 12.2 Å². The Labute approximate surface area is 93.3 Å². The van der Waals surface area contributed by atoms with Gasteiger partial charge in [-0.25, -0.2) is 0 Å². The number of hydrogen-bond acceptors (Lipinski definition) is 3. The van der Waals surface area contributed by atoms with Gasteiger partial charge in [0.05, 0.1) is 17.2 Å². The summed E-state index contributed by atoms with van der Waals surface area (Å²) < 4.78 is 5.60. The number of carboxylic acids is 1. The number of hydrogen-bond donors (Lipinski definition) is 2. The Hall–Kier alpha value is -1.49. The molecule has 15 heavy (non-hydrogen) atoms. The number of phenols is 1. The van der Waals surface area contributed by atoms with Crippen LogP contribution in [0.25, 0.3) is 11.0 Å². The van der Waals surface area contributed by atoms with Crippen molar-refractivity contribution in [3.63, 3.8) is 0 Å². The maximum absolute atomic E-state index is 10.5. The standard InChI is InChI=1S/C10H7BrO4/c11-9-6-1-2-15-7(6)3-5(10(9)14)4-8(12)13/h1-3,14H,4H2,(H,12,13). The normalized spacial score (nSPS) is 10.7. The van der Waals surface area contributed by atoms with Gasteiger partial charge in [-0.3, -0.25) is 4.79 Å². The van der Waals surface area contributed by atoms with Gasteiger partial charge in [0, 0.05) is 10.9 Å². The molecule has 5 heteroatoms. The number of rotatable bonds is 2. The predicted octanol–water partition coefficient (Wildman–Crippen LogP) is 2.53. The number of carboxylic acid groups (broad SMARTS) is 1.